The first-order valence-corrected chi connectivity index (χ1v) is 7.49. The van der Waals surface area contributed by atoms with Crippen LogP contribution in [0.1, 0.15) is 37.8 Å². The average molecular weight is 289 g/mol. The van der Waals surface area contributed by atoms with Crippen molar-refractivity contribution in [3.05, 3.63) is 35.9 Å². The quantitative estimate of drug-likeness (QED) is 0.703. The van der Waals surface area contributed by atoms with Crippen LogP contribution in [0.25, 0.3) is 0 Å². The summed E-state index contributed by atoms with van der Waals surface area (Å²) in [6, 6.07) is 8.59. The van der Waals surface area contributed by atoms with Crippen molar-refractivity contribution in [1.29, 1.82) is 0 Å². The van der Waals surface area contributed by atoms with Crippen LogP contribution in [0.15, 0.2) is 30.3 Å². The summed E-state index contributed by atoms with van der Waals surface area (Å²) in [7, 11) is 0. The van der Waals surface area contributed by atoms with Crippen LogP contribution in [0.4, 0.5) is 0 Å². The number of carbonyl (C=O) groups excluding carboxylic acids is 2. The van der Waals surface area contributed by atoms with Crippen LogP contribution in [0.3, 0.4) is 0 Å². The fraction of sp³-hybridized carbons (Fsp3) is 0.500. The second-order valence-electron chi connectivity index (χ2n) is 5.51. The van der Waals surface area contributed by atoms with Crippen molar-refractivity contribution in [3.8, 4) is 0 Å². The largest absolute Gasteiger partial charge is 0.352 e. The molecule has 0 saturated heterocycles. The van der Waals surface area contributed by atoms with Crippen molar-refractivity contribution < 1.29 is 9.59 Å². The molecule has 2 unspecified atom stereocenters. The maximum atomic E-state index is 12.4. The number of rotatable bonds is 7. The Morgan fingerprint density at radius 2 is 1.95 bits per heavy atom. The molecule has 1 fully saturated rings. The molecule has 1 saturated carbocycles. The minimum atomic E-state index is -0.662. The van der Waals surface area contributed by atoms with Gasteiger partial charge >= 0.3 is 0 Å². The van der Waals surface area contributed by atoms with Crippen molar-refractivity contribution in [2.24, 2.45) is 11.7 Å². The molecule has 1 aliphatic rings. The zero-order valence-electron chi connectivity index (χ0n) is 12.3. The van der Waals surface area contributed by atoms with Gasteiger partial charge in [-0.2, -0.15) is 0 Å². The Labute approximate surface area is 125 Å². The Balaban J connectivity index is 1.99. The maximum absolute atomic E-state index is 12.4. The van der Waals surface area contributed by atoms with E-state index in [9.17, 15) is 9.59 Å². The van der Waals surface area contributed by atoms with E-state index in [1.807, 2.05) is 30.3 Å². The van der Waals surface area contributed by atoms with Gasteiger partial charge < -0.3 is 16.4 Å². The van der Waals surface area contributed by atoms with Crippen LogP contribution < -0.4 is 16.4 Å². The molecule has 21 heavy (non-hydrogen) atoms. The molecule has 0 aliphatic heterocycles. The van der Waals surface area contributed by atoms with E-state index in [-0.39, 0.29) is 17.9 Å². The molecule has 1 aliphatic carbocycles. The Bertz CT molecular complexity index is 486. The van der Waals surface area contributed by atoms with Crippen LogP contribution in [0, 0.1) is 5.92 Å². The Kier molecular flexibility index (Phi) is 5.33. The van der Waals surface area contributed by atoms with Gasteiger partial charge in [0.05, 0.1) is 0 Å². The summed E-state index contributed by atoms with van der Waals surface area (Å²) in [5.74, 6) is 0.176. The molecule has 5 nitrogen and oxygen atoms in total. The van der Waals surface area contributed by atoms with Gasteiger partial charge in [-0.05, 0) is 24.3 Å². The molecule has 0 spiro atoms. The molecular weight excluding hydrogens is 266 g/mol. The minimum absolute atomic E-state index is 0.00671. The van der Waals surface area contributed by atoms with Crippen molar-refractivity contribution in [3.63, 3.8) is 0 Å². The summed E-state index contributed by atoms with van der Waals surface area (Å²) in [6.45, 7) is 2.22. The first kappa shape index (κ1) is 15.5. The van der Waals surface area contributed by atoms with E-state index in [2.05, 4.69) is 10.6 Å². The number of hydrogen-bond acceptors (Lipinski definition) is 3. The van der Waals surface area contributed by atoms with Crippen LogP contribution >= 0.6 is 0 Å². The summed E-state index contributed by atoms with van der Waals surface area (Å²) in [5.41, 5.74) is 6.77. The Hall–Kier alpha value is -1.88. The molecule has 114 valence electrons. The predicted molar refractivity (Wildman–Crippen MR) is 81.3 cm³/mol. The van der Waals surface area contributed by atoms with E-state index in [0.717, 1.165) is 18.4 Å². The van der Waals surface area contributed by atoms with E-state index in [1.54, 1.807) is 6.92 Å². The van der Waals surface area contributed by atoms with Crippen LogP contribution in [-0.2, 0) is 9.59 Å². The zero-order valence-corrected chi connectivity index (χ0v) is 12.3. The van der Waals surface area contributed by atoms with Gasteiger partial charge in [0.25, 0.3) is 0 Å². The number of carbonyl (C=O) groups is 2. The van der Waals surface area contributed by atoms with E-state index in [0.29, 0.717) is 18.9 Å². The number of hydrogen-bond donors (Lipinski definition) is 3. The van der Waals surface area contributed by atoms with Crippen LogP contribution in [0.5, 0.6) is 0 Å². The van der Waals surface area contributed by atoms with Gasteiger partial charge in [-0.15, -0.1) is 0 Å². The second kappa shape index (κ2) is 7.22. The van der Waals surface area contributed by atoms with Crippen molar-refractivity contribution >= 4 is 11.8 Å². The molecule has 0 heterocycles. The lowest BCUT2D eigenvalue weighted by Gasteiger charge is -2.20. The molecule has 4 N–H and O–H groups in total. The van der Waals surface area contributed by atoms with Crippen molar-refractivity contribution in [2.45, 2.75) is 38.3 Å². The van der Waals surface area contributed by atoms with E-state index < -0.39 is 6.04 Å². The highest BCUT2D eigenvalue weighted by atomic mass is 16.2. The highest BCUT2D eigenvalue weighted by Gasteiger charge is 2.29. The first-order valence-electron chi connectivity index (χ1n) is 7.49. The summed E-state index contributed by atoms with van der Waals surface area (Å²) in [6.07, 6.45) is 2.63. The zero-order chi connectivity index (χ0) is 15.2. The maximum Gasteiger partial charge on any atom is 0.247 e. The van der Waals surface area contributed by atoms with Gasteiger partial charge in [-0.3, -0.25) is 9.59 Å². The van der Waals surface area contributed by atoms with E-state index in [4.69, 9.17) is 5.73 Å². The number of benzene rings is 1. The van der Waals surface area contributed by atoms with Crippen molar-refractivity contribution in [1.82, 2.24) is 10.6 Å². The lowest BCUT2D eigenvalue weighted by molar-refractivity contribution is -0.129. The number of amides is 2. The standard InChI is InChI=1S/C16H23N3O2/c1-2-14(20)19-15(12-6-4-3-5-7-12)16(21)18-10-13(17)11-8-9-11/h3-7,11,13,15H,2,8-10,17H2,1H3,(H,18,21)(H,19,20). The molecule has 0 aromatic heterocycles. The highest BCUT2D eigenvalue weighted by molar-refractivity contribution is 5.88. The summed E-state index contributed by atoms with van der Waals surface area (Å²) in [4.78, 5) is 24.0. The van der Waals surface area contributed by atoms with Crippen LogP contribution in [0.2, 0.25) is 0 Å². The molecule has 2 rings (SSSR count). The number of nitrogens with one attached hydrogen (secondary N) is 2. The normalized spacial score (nSPS) is 16.9. The summed E-state index contributed by atoms with van der Waals surface area (Å²) in [5, 5.41) is 5.61. The van der Waals surface area contributed by atoms with Gasteiger partial charge in [-0.1, -0.05) is 37.3 Å². The van der Waals surface area contributed by atoms with Crippen molar-refractivity contribution in [2.75, 3.05) is 6.54 Å². The third-order valence-corrected chi connectivity index (χ3v) is 3.76. The third kappa shape index (κ3) is 4.56. The fourth-order valence-electron chi connectivity index (χ4n) is 2.22. The van der Waals surface area contributed by atoms with E-state index >= 15 is 0 Å². The minimum Gasteiger partial charge on any atom is -0.352 e. The fourth-order valence-corrected chi connectivity index (χ4v) is 2.22. The molecule has 2 atom stereocenters. The number of nitrogens with two attached hydrogens (primary N) is 1. The van der Waals surface area contributed by atoms with Crippen LogP contribution in [-0.4, -0.2) is 24.4 Å². The topological polar surface area (TPSA) is 84.2 Å². The molecule has 5 heteroatoms. The predicted octanol–water partition coefficient (Wildman–Crippen LogP) is 1.11. The highest BCUT2D eigenvalue weighted by Crippen LogP contribution is 2.31. The SMILES string of the molecule is CCC(=O)NC(C(=O)NCC(N)C1CC1)c1ccccc1. The van der Waals surface area contributed by atoms with Gasteiger partial charge in [-0.25, -0.2) is 0 Å². The molecule has 1 aromatic carbocycles. The third-order valence-electron chi connectivity index (χ3n) is 3.76. The van der Waals surface area contributed by atoms with Gasteiger partial charge in [0.15, 0.2) is 0 Å². The summed E-state index contributed by atoms with van der Waals surface area (Å²) < 4.78 is 0. The molecular formula is C16H23N3O2. The van der Waals surface area contributed by atoms with Gasteiger partial charge in [0.1, 0.15) is 6.04 Å². The lowest BCUT2D eigenvalue weighted by Crippen LogP contribution is -2.45. The molecule has 2 amide bonds. The second-order valence-corrected chi connectivity index (χ2v) is 5.51. The smallest absolute Gasteiger partial charge is 0.247 e. The van der Waals surface area contributed by atoms with Gasteiger partial charge in [0.2, 0.25) is 11.8 Å². The Morgan fingerprint density at radius 3 is 2.52 bits per heavy atom. The summed E-state index contributed by atoms with van der Waals surface area (Å²) >= 11 is 0. The molecule has 1 aromatic rings. The average Bonchev–Trinajstić information content (AvgIpc) is 3.35. The molecule has 0 bridgehead atoms. The van der Waals surface area contributed by atoms with Gasteiger partial charge in [0, 0.05) is 19.0 Å². The monoisotopic (exact) mass is 289 g/mol. The van der Waals surface area contributed by atoms with E-state index in [1.165, 1.54) is 0 Å². The lowest BCUT2D eigenvalue weighted by atomic mass is 10.1. The Morgan fingerprint density at radius 1 is 1.29 bits per heavy atom. The first-order chi connectivity index (χ1) is 10.1. The molecule has 0 radical (unpaired) electrons.